The molecule has 1 saturated heterocycles. The summed E-state index contributed by atoms with van der Waals surface area (Å²) in [6.45, 7) is 0.678. The smallest absolute Gasteiger partial charge is 0.340 e. The number of rotatable bonds is 5. The number of imidazole rings is 1. The molecule has 0 aliphatic carbocycles. The highest BCUT2D eigenvalue weighted by Crippen LogP contribution is 2.32. The number of nitrogens with zero attached hydrogens (tertiary/aromatic N) is 3. The summed E-state index contributed by atoms with van der Waals surface area (Å²) in [6.07, 6.45) is 1.20. The van der Waals surface area contributed by atoms with Crippen molar-refractivity contribution in [1.29, 1.82) is 0 Å². The van der Waals surface area contributed by atoms with E-state index in [2.05, 4.69) is 15.3 Å². The Labute approximate surface area is 200 Å². The topological polar surface area (TPSA) is 120 Å². The Kier molecular flexibility index (Phi) is 6.34. The molecule has 1 amide bonds. The lowest BCUT2D eigenvalue weighted by Gasteiger charge is -2.21. The number of pyridine rings is 1. The monoisotopic (exact) mass is 506 g/mol. The van der Waals surface area contributed by atoms with Crippen molar-refractivity contribution >= 4 is 38.4 Å². The van der Waals surface area contributed by atoms with Crippen LogP contribution in [0.15, 0.2) is 30.3 Å². The zero-order chi connectivity index (χ0) is 25.5. The maximum absolute atomic E-state index is 13.7. The van der Waals surface area contributed by atoms with Crippen LogP contribution in [0.25, 0.3) is 11.0 Å². The lowest BCUT2D eigenvalue weighted by atomic mass is 10.1. The number of amides is 1. The molecule has 1 unspecified atom stereocenters. The molecular formula is C23H24F2N4O5S. The number of carbonyl (C=O) groups excluding carboxylic acids is 2. The van der Waals surface area contributed by atoms with Gasteiger partial charge in [-0.05, 0) is 37.1 Å². The summed E-state index contributed by atoms with van der Waals surface area (Å²) >= 11 is 0. The third kappa shape index (κ3) is 5.02. The van der Waals surface area contributed by atoms with Gasteiger partial charge in [0.25, 0.3) is 11.8 Å². The lowest BCUT2D eigenvalue weighted by Crippen LogP contribution is -2.25. The number of ether oxygens (including phenoxy) is 1. The molecule has 1 fully saturated rings. The zero-order valence-corrected chi connectivity index (χ0v) is 20.2. The number of benzene rings is 1. The van der Waals surface area contributed by atoms with Crippen molar-refractivity contribution in [1.82, 2.24) is 14.5 Å². The van der Waals surface area contributed by atoms with E-state index in [1.54, 1.807) is 11.6 Å². The number of fused-ring (bicyclic) bond motifs is 1. The molecule has 12 heteroatoms. The van der Waals surface area contributed by atoms with Crippen molar-refractivity contribution in [3.8, 4) is 0 Å². The first-order chi connectivity index (χ1) is 16.4. The Morgan fingerprint density at radius 3 is 2.63 bits per heavy atom. The largest absolute Gasteiger partial charge is 0.465 e. The minimum Gasteiger partial charge on any atom is -0.465 e. The van der Waals surface area contributed by atoms with Gasteiger partial charge in [0.05, 0.1) is 40.9 Å². The van der Waals surface area contributed by atoms with E-state index in [4.69, 9.17) is 4.74 Å². The first kappa shape index (κ1) is 24.7. The van der Waals surface area contributed by atoms with Gasteiger partial charge in [-0.3, -0.25) is 4.79 Å². The third-order valence-electron chi connectivity index (χ3n) is 5.97. The van der Waals surface area contributed by atoms with Crippen LogP contribution in [0.4, 0.5) is 14.5 Å². The van der Waals surface area contributed by atoms with Crippen LogP contribution < -0.4 is 5.32 Å². The number of nitrogens with one attached hydrogen (secondary N) is 1. The maximum atomic E-state index is 13.7. The molecule has 1 atom stereocenters. The van der Waals surface area contributed by atoms with Gasteiger partial charge in [0.1, 0.15) is 17.2 Å². The molecule has 2 aromatic heterocycles. The fourth-order valence-electron chi connectivity index (χ4n) is 4.22. The van der Waals surface area contributed by atoms with Crippen molar-refractivity contribution in [3.05, 3.63) is 53.1 Å². The van der Waals surface area contributed by atoms with Gasteiger partial charge in [0, 0.05) is 19.9 Å². The molecule has 1 N–H and O–H groups in total. The first-order valence-electron chi connectivity index (χ1n) is 10.9. The summed E-state index contributed by atoms with van der Waals surface area (Å²) in [5, 5.41) is 2.56. The van der Waals surface area contributed by atoms with Gasteiger partial charge in [-0.1, -0.05) is 6.07 Å². The van der Waals surface area contributed by atoms with Crippen LogP contribution in [-0.2, 0) is 27.5 Å². The van der Waals surface area contributed by atoms with Crippen LogP contribution >= 0.6 is 0 Å². The van der Waals surface area contributed by atoms with E-state index < -0.39 is 33.3 Å². The Morgan fingerprint density at radius 1 is 1.23 bits per heavy atom. The lowest BCUT2D eigenvalue weighted by molar-refractivity contribution is 0.0126. The van der Waals surface area contributed by atoms with Crippen LogP contribution in [0.3, 0.4) is 0 Å². The Balaban J connectivity index is 1.75. The SMILES string of the molecule is COC(=O)c1cc2nc(C3CCCS(=O)(=O)C3)n(C)c2cc1NC(=O)c1cccc(C(C)(F)F)n1. The normalized spacial score (nSPS) is 17.8. The first-order valence-corrected chi connectivity index (χ1v) is 12.7. The summed E-state index contributed by atoms with van der Waals surface area (Å²) in [5.41, 5.74) is 0.245. The molecule has 3 heterocycles. The minimum absolute atomic E-state index is 0.00578. The van der Waals surface area contributed by atoms with Crippen molar-refractivity contribution < 1.29 is 31.5 Å². The van der Waals surface area contributed by atoms with E-state index in [0.717, 1.165) is 6.07 Å². The number of esters is 1. The van der Waals surface area contributed by atoms with Gasteiger partial charge in [0.2, 0.25) is 0 Å². The number of halogens is 2. The van der Waals surface area contributed by atoms with Crippen LogP contribution in [-0.4, -0.2) is 53.4 Å². The number of aromatic nitrogens is 3. The molecule has 9 nitrogen and oxygen atoms in total. The molecule has 1 aliphatic rings. The molecular weight excluding hydrogens is 482 g/mol. The van der Waals surface area contributed by atoms with Gasteiger partial charge in [0.15, 0.2) is 9.84 Å². The quantitative estimate of drug-likeness (QED) is 0.527. The standard InChI is InChI=1S/C23H24F2N4O5S/c1-23(24,25)19-8-4-7-15(26-19)21(30)28-16-11-18-17(10-14(16)22(31)34-3)27-20(29(18)2)13-6-5-9-35(32,33)12-13/h4,7-8,10-11,13H,5-6,9,12H2,1-3H3,(H,28,30). The number of hydrogen-bond acceptors (Lipinski definition) is 7. The second-order valence-electron chi connectivity index (χ2n) is 8.61. The summed E-state index contributed by atoms with van der Waals surface area (Å²) < 4.78 is 58.2. The van der Waals surface area contributed by atoms with Crippen LogP contribution in [0, 0.1) is 0 Å². The van der Waals surface area contributed by atoms with E-state index in [0.29, 0.717) is 36.6 Å². The van der Waals surface area contributed by atoms with Crippen molar-refractivity contribution in [3.63, 3.8) is 0 Å². The molecule has 1 aliphatic heterocycles. The average Bonchev–Trinajstić information content (AvgIpc) is 3.12. The van der Waals surface area contributed by atoms with E-state index >= 15 is 0 Å². The van der Waals surface area contributed by atoms with Gasteiger partial charge in [-0.25, -0.2) is 23.2 Å². The van der Waals surface area contributed by atoms with Crippen molar-refractivity contribution in [2.45, 2.75) is 31.6 Å². The molecule has 0 saturated carbocycles. The Bertz CT molecular complexity index is 1430. The van der Waals surface area contributed by atoms with E-state index in [1.165, 1.54) is 31.4 Å². The minimum atomic E-state index is -3.23. The van der Waals surface area contributed by atoms with Crippen LogP contribution in [0.5, 0.6) is 0 Å². The summed E-state index contributed by atoms with van der Waals surface area (Å²) in [4.78, 5) is 33.6. The van der Waals surface area contributed by atoms with Crippen molar-refractivity contribution in [2.75, 3.05) is 23.9 Å². The summed E-state index contributed by atoms with van der Waals surface area (Å²) in [7, 11) is -0.264. The molecule has 4 rings (SSSR count). The predicted molar refractivity (Wildman–Crippen MR) is 124 cm³/mol. The highest BCUT2D eigenvalue weighted by atomic mass is 32.2. The summed E-state index contributed by atoms with van der Waals surface area (Å²) in [5.74, 6) is -4.37. The molecule has 35 heavy (non-hydrogen) atoms. The molecule has 186 valence electrons. The maximum Gasteiger partial charge on any atom is 0.340 e. The Morgan fingerprint density at radius 2 is 1.97 bits per heavy atom. The molecule has 0 radical (unpaired) electrons. The fraction of sp³-hybridized carbons (Fsp3) is 0.391. The number of sulfone groups is 1. The number of alkyl halides is 2. The van der Waals surface area contributed by atoms with Gasteiger partial charge in [-0.15, -0.1) is 0 Å². The third-order valence-corrected chi connectivity index (χ3v) is 7.79. The number of methoxy groups -OCH3 is 1. The molecule has 3 aromatic rings. The van der Waals surface area contributed by atoms with E-state index in [-0.39, 0.29) is 34.4 Å². The Hall–Kier alpha value is -3.41. The molecule has 0 bridgehead atoms. The fourth-order valence-corrected chi connectivity index (χ4v) is 5.92. The average molecular weight is 507 g/mol. The number of aryl methyl sites for hydroxylation is 1. The second-order valence-corrected chi connectivity index (χ2v) is 10.8. The number of carbonyl (C=O) groups is 2. The van der Waals surface area contributed by atoms with Crippen LogP contribution in [0.2, 0.25) is 0 Å². The van der Waals surface area contributed by atoms with E-state index in [1.807, 2.05) is 0 Å². The highest BCUT2D eigenvalue weighted by molar-refractivity contribution is 7.91. The van der Waals surface area contributed by atoms with Crippen LogP contribution in [0.1, 0.15) is 58.0 Å². The van der Waals surface area contributed by atoms with Gasteiger partial charge < -0.3 is 14.6 Å². The number of hydrogen-bond donors (Lipinski definition) is 1. The van der Waals surface area contributed by atoms with Gasteiger partial charge in [-0.2, -0.15) is 8.78 Å². The second kappa shape index (κ2) is 8.99. The van der Waals surface area contributed by atoms with E-state index in [9.17, 15) is 26.8 Å². The highest BCUT2D eigenvalue weighted by Gasteiger charge is 2.30. The summed E-state index contributed by atoms with van der Waals surface area (Å²) in [6, 6.07) is 6.66. The predicted octanol–water partition coefficient (Wildman–Crippen LogP) is 3.41. The molecule has 0 spiro atoms. The van der Waals surface area contributed by atoms with Crippen molar-refractivity contribution in [2.24, 2.45) is 7.05 Å². The van der Waals surface area contributed by atoms with Gasteiger partial charge >= 0.3 is 5.97 Å². The molecule has 1 aromatic carbocycles. The number of anilines is 1. The zero-order valence-electron chi connectivity index (χ0n) is 19.3.